The molecule has 0 saturated heterocycles. The molecule has 0 saturated carbocycles. The zero-order valence-electron chi connectivity index (χ0n) is 21.7. The van der Waals surface area contributed by atoms with Gasteiger partial charge in [-0.1, -0.05) is 30.3 Å². The summed E-state index contributed by atoms with van der Waals surface area (Å²) in [6.07, 6.45) is 2.61. The van der Waals surface area contributed by atoms with Crippen LogP contribution in [0.3, 0.4) is 0 Å². The number of carbonyl (C=O) groups excluding carboxylic acids is 1. The van der Waals surface area contributed by atoms with E-state index in [9.17, 15) is 22.4 Å². The third-order valence-electron chi connectivity index (χ3n) is 6.57. The van der Waals surface area contributed by atoms with Gasteiger partial charge < -0.3 is 15.8 Å². The molecule has 5 rings (SSSR count). The van der Waals surface area contributed by atoms with Crippen molar-refractivity contribution >= 4 is 23.9 Å². The number of anilines is 1. The first kappa shape index (κ1) is 27.6. The Morgan fingerprint density at radius 1 is 0.976 bits per heavy atom. The third kappa shape index (κ3) is 6.81. The molecule has 3 N–H and O–H groups in total. The summed E-state index contributed by atoms with van der Waals surface area (Å²) < 4.78 is 59.2. The Labute approximate surface area is 234 Å². The highest BCUT2D eigenvalue weighted by atomic mass is 19.4. The molecule has 0 fully saturated rings. The van der Waals surface area contributed by atoms with Crippen molar-refractivity contribution in [3.05, 3.63) is 113 Å². The molecule has 1 amide bonds. The molecule has 4 aromatic rings. The standard InChI is InChI=1S/C32H25F4N3O2/c33-27-9-5-23(6-10-27)28-17-24(22-3-7-26(8-4-22)32(34,35)36)16-25-15-21(13-14-41-31(25)28)19-39-30(40)12-2-20-1-11-29(37)38-18-20/h1-12,15-18H,13-14,19H2,(H2,37,38)(H,39,40). The summed E-state index contributed by atoms with van der Waals surface area (Å²) in [4.78, 5) is 16.4. The van der Waals surface area contributed by atoms with Crippen molar-refractivity contribution in [1.29, 1.82) is 0 Å². The van der Waals surface area contributed by atoms with E-state index in [2.05, 4.69) is 10.3 Å². The molecule has 0 spiro atoms. The first-order valence-corrected chi connectivity index (χ1v) is 12.8. The predicted molar refractivity (Wildman–Crippen MR) is 151 cm³/mol. The fraction of sp³-hybridized carbons (Fsp3) is 0.125. The number of amides is 1. The monoisotopic (exact) mass is 559 g/mol. The van der Waals surface area contributed by atoms with Crippen LogP contribution in [0.4, 0.5) is 23.4 Å². The lowest BCUT2D eigenvalue weighted by Gasteiger charge is -2.16. The van der Waals surface area contributed by atoms with Crippen molar-refractivity contribution in [2.24, 2.45) is 0 Å². The highest BCUT2D eigenvalue weighted by Crippen LogP contribution is 2.41. The predicted octanol–water partition coefficient (Wildman–Crippen LogP) is 7.15. The highest BCUT2D eigenvalue weighted by molar-refractivity contribution is 5.92. The number of halogens is 4. The number of pyridine rings is 1. The van der Waals surface area contributed by atoms with E-state index in [-0.39, 0.29) is 18.3 Å². The largest absolute Gasteiger partial charge is 0.492 e. The minimum Gasteiger partial charge on any atom is -0.492 e. The molecule has 0 atom stereocenters. The van der Waals surface area contributed by atoms with E-state index in [1.54, 1.807) is 36.5 Å². The van der Waals surface area contributed by atoms with E-state index in [4.69, 9.17) is 10.5 Å². The minimum absolute atomic E-state index is 0.266. The van der Waals surface area contributed by atoms with Gasteiger partial charge in [-0.25, -0.2) is 9.37 Å². The molecule has 5 nitrogen and oxygen atoms in total. The van der Waals surface area contributed by atoms with Crippen LogP contribution in [0.5, 0.6) is 5.75 Å². The van der Waals surface area contributed by atoms with Gasteiger partial charge in [0.2, 0.25) is 5.91 Å². The number of benzene rings is 3. The Morgan fingerprint density at radius 3 is 2.39 bits per heavy atom. The lowest BCUT2D eigenvalue weighted by molar-refractivity contribution is -0.137. The summed E-state index contributed by atoms with van der Waals surface area (Å²) in [7, 11) is 0. The molecule has 0 unspecified atom stereocenters. The van der Waals surface area contributed by atoms with Gasteiger partial charge in [0, 0.05) is 36.4 Å². The van der Waals surface area contributed by atoms with Gasteiger partial charge in [0.15, 0.2) is 0 Å². The molecule has 208 valence electrons. The Kier molecular flexibility index (Phi) is 7.87. The maximum atomic E-state index is 13.7. The van der Waals surface area contributed by atoms with Crippen LogP contribution in [-0.2, 0) is 11.0 Å². The summed E-state index contributed by atoms with van der Waals surface area (Å²) in [6, 6.07) is 17.9. The van der Waals surface area contributed by atoms with Crippen LogP contribution in [0.2, 0.25) is 0 Å². The van der Waals surface area contributed by atoms with E-state index >= 15 is 0 Å². The van der Waals surface area contributed by atoms with Gasteiger partial charge >= 0.3 is 6.18 Å². The SMILES string of the molecule is Nc1ccc(C=CC(=O)NCC2=Cc3cc(-c4ccc(C(F)(F)F)cc4)cc(-c4ccc(F)cc4)c3OCC2)cn1. The number of nitrogens with two attached hydrogens (primary N) is 1. The maximum absolute atomic E-state index is 13.7. The number of hydrogen-bond acceptors (Lipinski definition) is 4. The second kappa shape index (κ2) is 11.7. The summed E-state index contributed by atoms with van der Waals surface area (Å²) in [5, 5.41) is 2.87. The number of nitrogens with one attached hydrogen (secondary N) is 1. The number of ether oxygens (including phenoxy) is 1. The van der Waals surface area contributed by atoms with E-state index in [0.29, 0.717) is 52.4 Å². The van der Waals surface area contributed by atoms with Gasteiger partial charge in [-0.05, 0) is 82.4 Å². The van der Waals surface area contributed by atoms with Gasteiger partial charge in [0.1, 0.15) is 17.4 Å². The quantitative estimate of drug-likeness (QED) is 0.194. The third-order valence-corrected chi connectivity index (χ3v) is 6.57. The van der Waals surface area contributed by atoms with Crippen molar-refractivity contribution in [2.45, 2.75) is 12.6 Å². The first-order chi connectivity index (χ1) is 19.7. The van der Waals surface area contributed by atoms with E-state index in [0.717, 1.165) is 23.3 Å². The Balaban J connectivity index is 1.45. The van der Waals surface area contributed by atoms with Gasteiger partial charge in [0.05, 0.1) is 12.2 Å². The lowest BCUT2D eigenvalue weighted by Crippen LogP contribution is -2.23. The molecule has 1 aliphatic heterocycles. The second-order valence-electron chi connectivity index (χ2n) is 9.49. The molecule has 0 radical (unpaired) electrons. The summed E-state index contributed by atoms with van der Waals surface area (Å²) in [5.74, 6) is 0.278. The first-order valence-electron chi connectivity index (χ1n) is 12.8. The van der Waals surface area contributed by atoms with E-state index in [1.165, 1.54) is 30.3 Å². The zero-order valence-corrected chi connectivity index (χ0v) is 21.7. The number of carbonyl (C=O) groups is 1. The van der Waals surface area contributed by atoms with Crippen LogP contribution in [0.25, 0.3) is 34.4 Å². The van der Waals surface area contributed by atoms with Crippen molar-refractivity contribution < 1.29 is 27.1 Å². The average molecular weight is 560 g/mol. The molecule has 1 aliphatic rings. The normalized spacial score (nSPS) is 13.2. The van der Waals surface area contributed by atoms with Crippen LogP contribution in [0.15, 0.2) is 90.6 Å². The van der Waals surface area contributed by atoms with Gasteiger partial charge in [0.25, 0.3) is 0 Å². The van der Waals surface area contributed by atoms with Crippen molar-refractivity contribution in [2.75, 3.05) is 18.9 Å². The molecule has 0 bridgehead atoms. The van der Waals surface area contributed by atoms with E-state index in [1.807, 2.05) is 18.2 Å². The molecular formula is C32H25F4N3O2. The van der Waals surface area contributed by atoms with Gasteiger partial charge in [-0.2, -0.15) is 13.2 Å². The average Bonchev–Trinajstić information content (AvgIpc) is 3.17. The number of hydrogen-bond donors (Lipinski definition) is 2. The van der Waals surface area contributed by atoms with Crippen LogP contribution in [-0.4, -0.2) is 24.0 Å². The fourth-order valence-corrected chi connectivity index (χ4v) is 4.44. The molecular weight excluding hydrogens is 534 g/mol. The Bertz CT molecular complexity index is 1610. The van der Waals surface area contributed by atoms with Crippen molar-refractivity contribution in [3.8, 4) is 28.0 Å². The van der Waals surface area contributed by atoms with E-state index < -0.39 is 11.7 Å². The number of alkyl halides is 3. The highest BCUT2D eigenvalue weighted by Gasteiger charge is 2.30. The van der Waals surface area contributed by atoms with Crippen LogP contribution in [0, 0.1) is 5.82 Å². The topological polar surface area (TPSA) is 77.2 Å². The maximum Gasteiger partial charge on any atom is 0.416 e. The molecule has 3 aromatic carbocycles. The lowest BCUT2D eigenvalue weighted by atomic mass is 9.93. The summed E-state index contributed by atoms with van der Waals surface area (Å²) in [5.41, 5.74) is 9.80. The van der Waals surface area contributed by atoms with Crippen LogP contribution in [0.1, 0.15) is 23.1 Å². The molecule has 41 heavy (non-hydrogen) atoms. The number of fused-ring (bicyclic) bond motifs is 1. The fourth-order valence-electron chi connectivity index (χ4n) is 4.44. The Morgan fingerprint density at radius 2 is 1.71 bits per heavy atom. The molecule has 2 heterocycles. The Hall–Kier alpha value is -4.92. The summed E-state index contributed by atoms with van der Waals surface area (Å²) >= 11 is 0. The molecule has 9 heteroatoms. The minimum atomic E-state index is -4.44. The van der Waals surface area contributed by atoms with Crippen LogP contribution >= 0.6 is 0 Å². The number of nitrogens with zero attached hydrogens (tertiary/aromatic N) is 1. The second-order valence-corrected chi connectivity index (χ2v) is 9.49. The smallest absolute Gasteiger partial charge is 0.416 e. The van der Waals surface area contributed by atoms with Crippen LogP contribution < -0.4 is 15.8 Å². The van der Waals surface area contributed by atoms with Gasteiger partial charge in [-0.15, -0.1) is 0 Å². The number of aromatic nitrogens is 1. The molecule has 0 aliphatic carbocycles. The zero-order chi connectivity index (χ0) is 29.0. The van der Waals surface area contributed by atoms with Crippen molar-refractivity contribution in [1.82, 2.24) is 10.3 Å². The number of nitrogen functional groups attached to an aromatic ring is 1. The van der Waals surface area contributed by atoms with Gasteiger partial charge in [-0.3, -0.25) is 4.79 Å². The molecule has 1 aromatic heterocycles. The summed E-state index contributed by atoms with van der Waals surface area (Å²) in [6.45, 7) is 0.609. The number of rotatable bonds is 6. The van der Waals surface area contributed by atoms with Crippen molar-refractivity contribution in [3.63, 3.8) is 0 Å².